The van der Waals surface area contributed by atoms with Crippen LogP contribution in [0.2, 0.25) is 6.32 Å². The van der Waals surface area contributed by atoms with Crippen LogP contribution in [0.4, 0.5) is 0 Å². The number of rotatable bonds is 11. The molecule has 0 heterocycles. The van der Waals surface area contributed by atoms with Gasteiger partial charge in [-0.1, -0.05) is 0 Å². The molecule has 0 aliphatic rings. The Bertz CT molecular complexity index is 575. The summed E-state index contributed by atoms with van der Waals surface area (Å²) in [6, 6.07) is -1.59. The molecule has 7 nitrogen and oxygen atoms in total. The molecule has 0 aromatic heterocycles. The Morgan fingerprint density at radius 3 is 2.07 bits per heavy atom. The molecular weight excluding hydrogens is 442 g/mol. The van der Waals surface area contributed by atoms with Gasteiger partial charge in [-0.25, -0.2) is 0 Å². The molecule has 0 saturated heterocycles. The van der Waals surface area contributed by atoms with E-state index in [0.29, 0.717) is 0 Å². The number of amides is 1. The van der Waals surface area contributed by atoms with Crippen LogP contribution in [-0.2, 0) is 19.2 Å². The van der Waals surface area contributed by atoms with Crippen molar-refractivity contribution in [1.82, 2.24) is 10.6 Å². The van der Waals surface area contributed by atoms with E-state index >= 15 is 0 Å². The minimum atomic E-state index is -0.994. The van der Waals surface area contributed by atoms with E-state index in [9.17, 15) is 19.2 Å². The molecule has 0 spiro atoms. The summed E-state index contributed by atoms with van der Waals surface area (Å²) in [4.78, 5) is 48.4. The van der Waals surface area contributed by atoms with Crippen LogP contribution in [-0.4, -0.2) is 73.9 Å². The predicted molar refractivity (Wildman–Crippen MR) is 114 cm³/mol. The molecule has 3 N–H and O–H groups in total. The number of carbonyl (C=O) groups excluding carboxylic acids is 3. The zero-order valence-electron chi connectivity index (χ0n) is 17.5. The van der Waals surface area contributed by atoms with Gasteiger partial charge in [-0.05, 0) is 0 Å². The van der Waals surface area contributed by atoms with Crippen molar-refractivity contribution >= 4 is 57.2 Å². The Morgan fingerprint density at radius 1 is 1.07 bits per heavy atom. The Hall–Kier alpha value is -0.787. The fourth-order valence-corrected chi connectivity index (χ4v) is 3.75. The van der Waals surface area contributed by atoms with Gasteiger partial charge in [-0.15, -0.1) is 0 Å². The van der Waals surface area contributed by atoms with Crippen molar-refractivity contribution < 1.29 is 24.3 Å². The third-order valence-corrected chi connectivity index (χ3v) is 4.98. The van der Waals surface area contributed by atoms with Gasteiger partial charge in [0.25, 0.3) is 0 Å². The molecule has 1 amide bonds. The van der Waals surface area contributed by atoms with E-state index in [1.807, 2.05) is 20.8 Å². The summed E-state index contributed by atoms with van der Waals surface area (Å²) in [5.41, 5.74) is -1.10. The van der Waals surface area contributed by atoms with Gasteiger partial charge in [-0.3, -0.25) is 4.79 Å². The Balaban J connectivity index is 5.34. The van der Waals surface area contributed by atoms with Gasteiger partial charge in [0.1, 0.15) is 0 Å². The van der Waals surface area contributed by atoms with Crippen molar-refractivity contribution in [2.24, 2.45) is 5.41 Å². The number of ketones is 1. The molecule has 0 aliphatic carbocycles. The molecular formula is C18H31AsBN2O5S. The zero-order chi connectivity index (χ0) is 22.1. The summed E-state index contributed by atoms with van der Waals surface area (Å²) in [6.45, 7) is 10.9. The number of nitrogens with one attached hydrogen (secondary N) is 2. The van der Waals surface area contributed by atoms with Crippen LogP contribution in [0.25, 0.3) is 0 Å². The SMILES string of the molecule is CC(C)(C)N[C@@H](CCC(=O)O)C(=O)N[C@@H](CSC(=O)C[B][As])C(=O)C(C)(C)C. The van der Waals surface area contributed by atoms with Crippen molar-refractivity contribution in [1.29, 1.82) is 0 Å². The number of thioether (sulfide) groups is 1. The molecule has 0 unspecified atom stereocenters. The number of carboxylic acid groups (broad SMARTS) is 1. The van der Waals surface area contributed by atoms with Gasteiger partial charge in [0.05, 0.1) is 0 Å². The second kappa shape index (κ2) is 12.0. The van der Waals surface area contributed by atoms with Crippen LogP contribution in [0, 0.1) is 5.41 Å². The molecule has 0 fully saturated rings. The van der Waals surface area contributed by atoms with Crippen LogP contribution in [0.3, 0.4) is 0 Å². The van der Waals surface area contributed by atoms with Gasteiger partial charge in [0, 0.05) is 0 Å². The fraction of sp³-hybridized carbons (Fsp3) is 0.778. The normalized spacial score (nSPS) is 14.1. The van der Waals surface area contributed by atoms with Gasteiger partial charge >= 0.3 is 172 Å². The van der Waals surface area contributed by atoms with E-state index in [-0.39, 0.29) is 35.8 Å². The quantitative estimate of drug-likeness (QED) is 0.387. The van der Waals surface area contributed by atoms with E-state index < -0.39 is 34.9 Å². The molecule has 0 saturated carbocycles. The number of hydrogen-bond acceptors (Lipinski definition) is 6. The van der Waals surface area contributed by atoms with Crippen molar-refractivity contribution in [3.8, 4) is 0 Å². The molecule has 0 aliphatic heterocycles. The van der Waals surface area contributed by atoms with Crippen LogP contribution in [0.15, 0.2) is 0 Å². The third kappa shape index (κ3) is 11.9. The maximum absolute atomic E-state index is 12.8. The first-order valence-corrected chi connectivity index (χ1v) is 11.2. The van der Waals surface area contributed by atoms with Gasteiger partial charge in [-0.2, -0.15) is 0 Å². The monoisotopic (exact) mass is 473 g/mol. The number of carboxylic acids is 1. The van der Waals surface area contributed by atoms with Gasteiger partial charge < -0.3 is 5.11 Å². The molecule has 10 heteroatoms. The molecule has 0 bridgehead atoms. The number of aliphatic carboxylic acids is 1. The predicted octanol–water partition coefficient (Wildman–Crippen LogP) is 1.17. The van der Waals surface area contributed by atoms with Crippen LogP contribution in [0.1, 0.15) is 54.4 Å². The van der Waals surface area contributed by atoms with E-state index in [1.54, 1.807) is 26.7 Å². The summed E-state index contributed by atoms with van der Waals surface area (Å²) in [7, 11) is 0. The molecule has 0 aromatic carbocycles. The molecule has 0 aromatic rings. The molecule has 0 rings (SSSR count). The Kier molecular flexibility index (Phi) is 11.7. The first-order chi connectivity index (χ1) is 12.7. The summed E-state index contributed by atoms with van der Waals surface area (Å²) < 4.78 is 0. The molecule has 3 radical (unpaired) electrons. The van der Waals surface area contributed by atoms with E-state index in [4.69, 9.17) is 5.11 Å². The first kappa shape index (κ1) is 27.2. The third-order valence-electron chi connectivity index (χ3n) is 3.61. The molecule has 2 atom stereocenters. The average Bonchev–Trinajstić information content (AvgIpc) is 2.52. The average molecular weight is 473 g/mol. The van der Waals surface area contributed by atoms with Crippen LogP contribution < -0.4 is 10.6 Å². The number of Topliss-reactive ketones (excluding diaryl/α,β-unsaturated/α-hetero) is 1. The van der Waals surface area contributed by atoms with Crippen LogP contribution >= 0.6 is 11.8 Å². The second-order valence-corrected chi connectivity index (χ2v) is 10.5. The summed E-state index contributed by atoms with van der Waals surface area (Å²) in [5.74, 6) is 0.209. The van der Waals surface area contributed by atoms with Crippen molar-refractivity contribution in [3.63, 3.8) is 0 Å². The van der Waals surface area contributed by atoms with E-state index in [1.165, 1.54) is 0 Å². The van der Waals surface area contributed by atoms with E-state index in [2.05, 4.69) is 27.3 Å². The van der Waals surface area contributed by atoms with E-state index in [0.717, 1.165) is 11.8 Å². The second-order valence-electron chi connectivity index (χ2n) is 8.62. The molecule has 157 valence electrons. The van der Waals surface area contributed by atoms with Crippen molar-refractivity contribution in [2.45, 2.75) is 78.3 Å². The van der Waals surface area contributed by atoms with Crippen molar-refractivity contribution in [2.75, 3.05) is 5.75 Å². The summed E-state index contributed by atoms with van der Waals surface area (Å²) >= 11 is 3.22. The minimum absolute atomic E-state index is 0.0863. The number of carbonyl (C=O) groups is 4. The zero-order valence-corrected chi connectivity index (χ0v) is 20.2. The summed E-state index contributed by atoms with van der Waals surface area (Å²) in [5, 5.41) is 14.7. The fourth-order valence-electron chi connectivity index (χ4n) is 2.35. The number of hydrogen-bond donors (Lipinski definition) is 3. The Labute approximate surface area is 181 Å². The maximum atomic E-state index is 12.8. The Morgan fingerprint density at radius 2 is 1.64 bits per heavy atom. The topological polar surface area (TPSA) is 113 Å². The van der Waals surface area contributed by atoms with Crippen LogP contribution in [0.5, 0.6) is 0 Å². The van der Waals surface area contributed by atoms with Gasteiger partial charge in [0.15, 0.2) is 0 Å². The molecule has 28 heavy (non-hydrogen) atoms. The van der Waals surface area contributed by atoms with Crippen molar-refractivity contribution in [3.05, 3.63) is 0 Å². The standard InChI is InChI=1S/C18H31AsBN2O5S/c1-17(2,3)15(26)12(10-28-14(25)9-20-19)21-16(27)11(7-8-13(23)24)22-18(4,5)6/h11-12,22H,7-10H2,1-6H3,(H,21,27)(H,23,24)/t11-,12-/m0/s1. The van der Waals surface area contributed by atoms with Gasteiger partial charge in [0.2, 0.25) is 0 Å². The summed E-state index contributed by atoms with van der Waals surface area (Å²) in [6.07, 6.45) is 0.197. The first-order valence-electron chi connectivity index (χ1n) is 9.13.